The van der Waals surface area contributed by atoms with Crippen LogP contribution in [0.4, 0.5) is 0 Å². The molecule has 1 fully saturated rings. The van der Waals surface area contributed by atoms with Crippen LogP contribution in [-0.2, 0) is 11.2 Å². The molecule has 0 radical (unpaired) electrons. The van der Waals surface area contributed by atoms with E-state index in [9.17, 15) is 9.90 Å². The number of benzene rings is 1. The highest BCUT2D eigenvalue weighted by atomic mass is 16.5. The zero-order valence-corrected chi connectivity index (χ0v) is 10.5. The lowest BCUT2D eigenvalue weighted by Crippen LogP contribution is -2.12. The normalized spacial score (nSPS) is 15.6. The Morgan fingerprint density at radius 1 is 1.39 bits per heavy atom. The first-order chi connectivity index (χ1) is 8.76. The molecule has 18 heavy (non-hydrogen) atoms. The third kappa shape index (κ3) is 2.58. The predicted molar refractivity (Wildman–Crippen MR) is 67.3 cm³/mol. The topological polar surface area (TPSA) is 55.8 Å². The monoisotopic (exact) mass is 250 g/mol. The largest absolute Gasteiger partial charge is 0.504 e. The summed E-state index contributed by atoms with van der Waals surface area (Å²) < 4.78 is 11.0. The molecule has 1 saturated carbocycles. The van der Waals surface area contributed by atoms with E-state index in [4.69, 9.17) is 9.47 Å². The van der Waals surface area contributed by atoms with E-state index in [1.807, 2.05) is 0 Å². The van der Waals surface area contributed by atoms with E-state index in [1.165, 1.54) is 7.11 Å². The highest BCUT2D eigenvalue weighted by molar-refractivity contribution is 5.62. The van der Waals surface area contributed by atoms with E-state index in [-0.39, 0.29) is 18.3 Å². The summed E-state index contributed by atoms with van der Waals surface area (Å²) in [6.07, 6.45) is 5.39. The highest BCUT2D eigenvalue weighted by Crippen LogP contribution is 2.41. The zero-order valence-electron chi connectivity index (χ0n) is 10.5. The average Bonchev–Trinajstić information content (AvgIpc) is 2.87. The molecule has 0 aromatic heterocycles. The van der Waals surface area contributed by atoms with Crippen LogP contribution in [0.3, 0.4) is 0 Å². The number of aromatic hydroxyl groups is 1. The third-order valence-electron chi connectivity index (χ3n) is 3.29. The molecular formula is C14H18O4. The fourth-order valence-corrected chi connectivity index (χ4v) is 2.30. The first kappa shape index (κ1) is 12.7. The van der Waals surface area contributed by atoms with Gasteiger partial charge in [-0.05, 0) is 31.7 Å². The van der Waals surface area contributed by atoms with Crippen molar-refractivity contribution >= 4 is 6.29 Å². The molecule has 4 heteroatoms. The molecule has 0 amide bonds. The molecule has 0 unspecified atom stereocenters. The standard InChI is InChI=1S/C14H18O4/c1-17-12-7-6-10(8-9-15)13(16)14(12)18-11-4-2-3-5-11/h6-7,9,11,16H,2-5,8H2,1H3. The van der Waals surface area contributed by atoms with Crippen LogP contribution in [0.5, 0.6) is 17.2 Å². The van der Waals surface area contributed by atoms with Crippen molar-refractivity contribution in [2.75, 3.05) is 7.11 Å². The van der Waals surface area contributed by atoms with Crippen LogP contribution in [0.1, 0.15) is 31.2 Å². The van der Waals surface area contributed by atoms with E-state index in [1.54, 1.807) is 12.1 Å². The van der Waals surface area contributed by atoms with Crippen LogP contribution in [0.15, 0.2) is 12.1 Å². The van der Waals surface area contributed by atoms with Crippen molar-refractivity contribution in [1.82, 2.24) is 0 Å². The fraction of sp³-hybridized carbons (Fsp3) is 0.500. The van der Waals surface area contributed by atoms with Crippen molar-refractivity contribution in [1.29, 1.82) is 0 Å². The first-order valence-corrected chi connectivity index (χ1v) is 6.25. The van der Waals surface area contributed by atoms with E-state index in [0.717, 1.165) is 32.0 Å². The van der Waals surface area contributed by atoms with Crippen LogP contribution in [-0.4, -0.2) is 24.6 Å². The number of rotatable bonds is 5. The maximum absolute atomic E-state index is 10.6. The predicted octanol–water partition coefficient (Wildman–Crippen LogP) is 2.46. The molecule has 1 aromatic carbocycles. The Balaban J connectivity index is 2.28. The average molecular weight is 250 g/mol. The number of carbonyl (C=O) groups excluding carboxylic acids is 1. The van der Waals surface area contributed by atoms with Gasteiger partial charge in [0.05, 0.1) is 13.2 Å². The summed E-state index contributed by atoms with van der Waals surface area (Å²) in [5, 5.41) is 10.1. The van der Waals surface area contributed by atoms with Crippen molar-refractivity contribution in [3.63, 3.8) is 0 Å². The Morgan fingerprint density at radius 2 is 2.11 bits per heavy atom. The van der Waals surface area contributed by atoms with Gasteiger partial charge in [-0.25, -0.2) is 0 Å². The Hall–Kier alpha value is -1.71. The number of ether oxygens (including phenoxy) is 2. The number of hydrogen-bond donors (Lipinski definition) is 1. The Morgan fingerprint density at radius 3 is 2.72 bits per heavy atom. The van der Waals surface area contributed by atoms with Crippen LogP contribution >= 0.6 is 0 Å². The summed E-state index contributed by atoms with van der Waals surface area (Å²) in [6, 6.07) is 3.41. The van der Waals surface area contributed by atoms with Crippen LogP contribution < -0.4 is 9.47 Å². The molecule has 0 atom stereocenters. The minimum absolute atomic E-state index is 0.0216. The second kappa shape index (κ2) is 5.76. The van der Waals surface area contributed by atoms with Gasteiger partial charge in [0, 0.05) is 12.0 Å². The molecule has 4 nitrogen and oxygen atoms in total. The number of carbonyl (C=O) groups is 1. The quantitative estimate of drug-likeness (QED) is 0.816. The molecule has 0 bridgehead atoms. The second-order valence-corrected chi connectivity index (χ2v) is 4.50. The SMILES string of the molecule is COc1ccc(CC=O)c(O)c1OC1CCCC1. The molecule has 0 aliphatic heterocycles. The zero-order chi connectivity index (χ0) is 13.0. The van der Waals surface area contributed by atoms with Crippen molar-refractivity contribution in [3.8, 4) is 17.2 Å². The van der Waals surface area contributed by atoms with Gasteiger partial charge in [-0.15, -0.1) is 0 Å². The van der Waals surface area contributed by atoms with Gasteiger partial charge in [0.1, 0.15) is 6.29 Å². The van der Waals surface area contributed by atoms with Crippen molar-refractivity contribution in [3.05, 3.63) is 17.7 Å². The summed E-state index contributed by atoms with van der Waals surface area (Å²) in [7, 11) is 1.54. The Labute approximate surface area is 107 Å². The first-order valence-electron chi connectivity index (χ1n) is 6.25. The molecule has 0 spiro atoms. The summed E-state index contributed by atoms with van der Waals surface area (Å²) in [5.41, 5.74) is 0.568. The fourth-order valence-electron chi connectivity index (χ4n) is 2.30. The summed E-state index contributed by atoms with van der Waals surface area (Å²) >= 11 is 0. The summed E-state index contributed by atoms with van der Waals surface area (Å²) in [4.78, 5) is 10.6. The molecule has 1 aliphatic rings. The second-order valence-electron chi connectivity index (χ2n) is 4.50. The molecule has 0 saturated heterocycles. The highest BCUT2D eigenvalue weighted by Gasteiger charge is 2.22. The number of aldehydes is 1. The van der Waals surface area contributed by atoms with Gasteiger partial charge >= 0.3 is 0 Å². The smallest absolute Gasteiger partial charge is 0.203 e. The Bertz CT molecular complexity index is 422. The summed E-state index contributed by atoms with van der Waals surface area (Å²) in [5.74, 6) is 0.895. The van der Waals surface area contributed by atoms with Crippen molar-refractivity contribution in [2.24, 2.45) is 0 Å². The van der Waals surface area contributed by atoms with Crippen LogP contribution in [0.2, 0.25) is 0 Å². The molecule has 0 heterocycles. The van der Waals surface area contributed by atoms with Crippen molar-refractivity contribution in [2.45, 2.75) is 38.2 Å². The lowest BCUT2D eigenvalue weighted by Gasteiger charge is -2.18. The number of phenols is 1. The van der Waals surface area contributed by atoms with E-state index >= 15 is 0 Å². The van der Waals surface area contributed by atoms with Gasteiger partial charge in [0.2, 0.25) is 5.75 Å². The molecule has 1 aliphatic carbocycles. The van der Waals surface area contributed by atoms with E-state index in [2.05, 4.69) is 0 Å². The van der Waals surface area contributed by atoms with Gasteiger partial charge in [0.25, 0.3) is 0 Å². The maximum atomic E-state index is 10.6. The lowest BCUT2D eigenvalue weighted by atomic mass is 10.1. The number of methoxy groups -OCH3 is 1. The molecule has 2 rings (SSSR count). The van der Waals surface area contributed by atoms with E-state index < -0.39 is 0 Å². The minimum atomic E-state index is 0.0216. The van der Waals surface area contributed by atoms with Gasteiger partial charge in [-0.1, -0.05) is 6.07 Å². The van der Waals surface area contributed by atoms with Gasteiger partial charge in [0.15, 0.2) is 11.5 Å². The van der Waals surface area contributed by atoms with E-state index in [0.29, 0.717) is 17.1 Å². The third-order valence-corrected chi connectivity index (χ3v) is 3.29. The van der Waals surface area contributed by atoms with Crippen LogP contribution in [0.25, 0.3) is 0 Å². The molecule has 98 valence electrons. The van der Waals surface area contributed by atoms with Crippen LogP contribution in [0, 0.1) is 0 Å². The van der Waals surface area contributed by atoms with Gasteiger partial charge in [-0.2, -0.15) is 0 Å². The Kier molecular flexibility index (Phi) is 4.07. The maximum Gasteiger partial charge on any atom is 0.203 e. The van der Waals surface area contributed by atoms with Gasteiger partial charge < -0.3 is 19.4 Å². The lowest BCUT2D eigenvalue weighted by molar-refractivity contribution is -0.107. The van der Waals surface area contributed by atoms with Crippen molar-refractivity contribution < 1.29 is 19.4 Å². The number of hydrogen-bond acceptors (Lipinski definition) is 4. The number of phenolic OH excluding ortho intramolecular Hbond substituents is 1. The molecule has 1 N–H and O–H groups in total. The summed E-state index contributed by atoms with van der Waals surface area (Å²) in [6.45, 7) is 0. The molecule has 1 aromatic rings. The molecular weight excluding hydrogens is 232 g/mol. The minimum Gasteiger partial charge on any atom is -0.504 e. The van der Waals surface area contributed by atoms with Gasteiger partial charge in [-0.3, -0.25) is 0 Å².